The largest absolute Gasteiger partial charge is 0.385 e. The summed E-state index contributed by atoms with van der Waals surface area (Å²) in [5.41, 5.74) is 0. The first kappa shape index (κ1) is 11.9. The molecule has 0 fully saturated rings. The summed E-state index contributed by atoms with van der Waals surface area (Å²) in [6.45, 7) is 2.10. The quantitative estimate of drug-likeness (QED) is 0.669. The number of ether oxygens (including phenoxy) is 1. The first-order valence-electron chi connectivity index (χ1n) is 4.42. The molecule has 0 unspecified atom stereocenters. The fraction of sp³-hybridized carbons (Fsp3) is 0.714. The van der Waals surface area contributed by atoms with Gasteiger partial charge in [0.25, 0.3) is 5.95 Å². The maximum atomic E-state index is 11.4. The summed E-state index contributed by atoms with van der Waals surface area (Å²) in [5.74, 6) is 0.628. The molecule has 2 N–H and O–H groups in total. The van der Waals surface area contributed by atoms with Crippen LogP contribution in [-0.2, 0) is 14.8 Å². The Morgan fingerprint density at radius 3 is 2.80 bits per heavy atom. The van der Waals surface area contributed by atoms with E-state index in [9.17, 15) is 8.42 Å². The van der Waals surface area contributed by atoms with Crippen LogP contribution in [0.15, 0.2) is 0 Å². The van der Waals surface area contributed by atoms with Gasteiger partial charge in [-0.15, -0.1) is 5.10 Å². The van der Waals surface area contributed by atoms with E-state index in [4.69, 9.17) is 4.74 Å². The zero-order chi connectivity index (χ0) is 11.3. The predicted molar refractivity (Wildman–Crippen MR) is 55.0 cm³/mol. The van der Waals surface area contributed by atoms with Crippen molar-refractivity contribution in [2.75, 3.05) is 24.2 Å². The molecule has 0 aliphatic heterocycles. The highest BCUT2D eigenvalue weighted by Gasteiger charge is 2.12. The number of aryl methyl sites for hydroxylation is 1. The lowest BCUT2D eigenvalue weighted by Crippen LogP contribution is -2.18. The zero-order valence-electron chi connectivity index (χ0n) is 8.65. The Labute approximate surface area is 88.3 Å². The number of sulfonamides is 1. The minimum atomic E-state index is -3.37. The van der Waals surface area contributed by atoms with Gasteiger partial charge in [-0.1, -0.05) is 0 Å². The number of nitrogens with one attached hydrogen (secondary N) is 2. The van der Waals surface area contributed by atoms with E-state index in [0.29, 0.717) is 18.9 Å². The molecule has 86 valence electrons. The highest BCUT2D eigenvalue weighted by molar-refractivity contribution is 7.92. The smallest absolute Gasteiger partial charge is 0.255 e. The third kappa shape index (κ3) is 4.26. The summed E-state index contributed by atoms with van der Waals surface area (Å²) in [7, 11) is -1.84. The van der Waals surface area contributed by atoms with Crippen molar-refractivity contribution in [3.63, 3.8) is 0 Å². The zero-order valence-corrected chi connectivity index (χ0v) is 9.47. The van der Waals surface area contributed by atoms with Crippen molar-refractivity contribution in [1.29, 1.82) is 0 Å². The predicted octanol–water partition coefficient (Wildman–Crippen LogP) is -0.109. The second kappa shape index (κ2) is 5.08. The molecular formula is C7H14N4O3S. The van der Waals surface area contributed by atoms with Crippen LogP contribution in [0.1, 0.15) is 12.2 Å². The van der Waals surface area contributed by atoms with Gasteiger partial charge < -0.3 is 4.74 Å². The van der Waals surface area contributed by atoms with Gasteiger partial charge in [0.15, 0.2) is 0 Å². The summed E-state index contributed by atoms with van der Waals surface area (Å²) < 4.78 is 29.9. The molecule has 0 amide bonds. The average Bonchev–Trinajstić information content (AvgIpc) is 2.50. The van der Waals surface area contributed by atoms with Gasteiger partial charge >= 0.3 is 0 Å². The number of methoxy groups -OCH3 is 1. The molecule has 0 aliphatic carbocycles. The fourth-order valence-corrected chi connectivity index (χ4v) is 1.94. The molecule has 0 aliphatic rings. The second-order valence-electron chi connectivity index (χ2n) is 3.01. The molecular weight excluding hydrogens is 220 g/mol. The Kier molecular flexibility index (Phi) is 4.04. The first-order chi connectivity index (χ1) is 7.03. The van der Waals surface area contributed by atoms with E-state index in [1.54, 1.807) is 6.92 Å². The minimum absolute atomic E-state index is 0.00553. The van der Waals surface area contributed by atoms with Crippen molar-refractivity contribution in [2.45, 2.75) is 13.3 Å². The number of H-pyrrole nitrogens is 1. The van der Waals surface area contributed by atoms with Crippen molar-refractivity contribution in [2.24, 2.45) is 0 Å². The van der Waals surface area contributed by atoms with Crippen LogP contribution in [0.25, 0.3) is 0 Å². The third-order valence-electron chi connectivity index (χ3n) is 1.61. The van der Waals surface area contributed by atoms with E-state index in [-0.39, 0.29) is 11.7 Å². The number of nitrogens with zero attached hydrogens (tertiary/aromatic N) is 2. The Morgan fingerprint density at radius 2 is 2.27 bits per heavy atom. The fourth-order valence-electron chi connectivity index (χ4n) is 0.972. The summed E-state index contributed by atoms with van der Waals surface area (Å²) in [4.78, 5) is 3.84. The molecule has 0 bridgehead atoms. The molecule has 7 nitrogen and oxygen atoms in total. The Hall–Kier alpha value is -1.15. The highest BCUT2D eigenvalue weighted by atomic mass is 32.2. The van der Waals surface area contributed by atoms with Crippen molar-refractivity contribution >= 4 is 16.0 Å². The highest BCUT2D eigenvalue weighted by Crippen LogP contribution is 2.02. The maximum absolute atomic E-state index is 11.4. The Morgan fingerprint density at radius 1 is 1.53 bits per heavy atom. The van der Waals surface area contributed by atoms with E-state index in [0.717, 1.165) is 0 Å². The standard InChI is InChI=1S/C7H14N4O3S/c1-6-8-7(10-9-6)11-15(12,13)5-3-4-14-2/h3-5H2,1-2H3,(H2,8,9,10,11). The summed E-state index contributed by atoms with van der Waals surface area (Å²) >= 11 is 0. The van der Waals surface area contributed by atoms with Gasteiger partial charge in [0.05, 0.1) is 5.75 Å². The normalized spacial score (nSPS) is 11.6. The first-order valence-corrected chi connectivity index (χ1v) is 6.07. The molecule has 0 saturated carbocycles. The number of aromatic nitrogens is 3. The van der Waals surface area contributed by atoms with Crippen LogP contribution in [0, 0.1) is 6.92 Å². The van der Waals surface area contributed by atoms with Crippen LogP contribution in [0.4, 0.5) is 5.95 Å². The van der Waals surface area contributed by atoms with Gasteiger partial charge in [0.2, 0.25) is 10.0 Å². The Bertz CT molecular complexity index is 400. The summed E-state index contributed by atoms with van der Waals surface area (Å²) in [6, 6.07) is 0. The van der Waals surface area contributed by atoms with Crippen LogP contribution in [0.5, 0.6) is 0 Å². The van der Waals surface area contributed by atoms with Crippen LogP contribution >= 0.6 is 0 Å². The summed E-state index contributed by atoms with van der Waals surface area (Å²) in [5, 5.41) is 6.22. The molecule has 15 heavy (non-hydrogen) atoms. The Balaban J connectivity index is 2.49. The summed E-state index contributed by atoms with van der Waals surface area (Å²) in [6.07, 6.45) is 0.440. The molecule has 0 radical (unpaired) electrons. The number of hydrogen-bond donors (Lipinski definition) is 2. The molecule has 1 aromatic rings. The molecule has 0 saturated heterocycles. The van der Waals surface area contributed by atoms with Crippen molar-refractivity contribution < 1.29 is 13.2 Å². The van der Waals surface area contributed by atoms with Crippen molar-refractivity contribution in [3.05, 3.63) is 5.82 Å². The van der Waals surface area contributed by atoms with Gasteiger partial charge in [-0.25, -0.2) is 13.1 Å². The lowest BCUT2D eigenvalue weighted by molar-refractivity contribution is 0.199. The van der Waals surface area contributed by atoms with Gasteiger partial charge in [-0.05, 0) is 13.3 Å². The van der Waals surface area contributed by atoms with Gasteiger partial charge in [-0.3, -0.25) is 5.10 Å². The number of hydrogen-bond acceptors (Lipinski definition) is 5. The topological polar surface area (TPSA) is 97.0 Å². The average molecular weight is 234 g/mol. The van der Waals surface area contributed by atoms with Crippen LogP contribution in [-0.4, -0.2) is 43.1 Å². The maximum Gasteiger partial charge on any atom is 0.255 e. The van der Waals surface area contributed by atoms with Crippen LogP contribution < -0.4 is 4.72 Å². The molecule has 1 heterocycles. The monoisotopic (exact) mass is 234 g/mol. The third-order valence-corrected chi connectivity index (χ3v) is 2.93. The SMILES string of the molecule is COCCCS(=O)(=O)Nc1n[nH]c(C)n1. The molecule has 0 aromatic carbocycles. The van der Waals surface area contributed by atoms with E-state index < -0.39 is 10.0 Å². The number of aromatic amines is 1. The van der Waals surface area contributed by atoms with E-state index in [2.05, 4.69) is 19.9 Å². The molecule has 0 atom stereocenters. The van der Waals surface area contributed by atoms with E-state index in [1.165, 1.54) is 7.11 Å². The second-order valence-corrected chi connectivity index (χ2v) is 4.85. The number of rotatable bonds is 6. The molecule has 1 aromatic heterocycles. The van der Waals surface area contributed by atoms with E-state index in [1.807, 2.05) is 0 Å². The minimum Gasteiger partial charge on any atom is -0.385 e. The molecule has 8 heteroatoms. The number of anilines is 1. The van der Waals surface area contributed by atoms with E-state index >= 15 is 0 Å². The molecule has 0 spiro atoms. The van der Waals surface area contributed by atoms with Crippen LogP contribution in [0.3, 0.4) is 0 Å². The van der Waals surface area contributed by atoms with Crippen LogP contribution in [0.2, 0.25) is 0 Å². The van der Waals surface area contributed by atoms with Gasteiger partial charge in [0.1, 0.15) is 5.82 Å². The molecule has 1 rings (SSSR count). The van der Waals surface area contributed by atoms with Gasteiger partial charge in [0, 0.05) is 13.7 Å². The lowest BCUT2D eigenvalue weighted by atomic mass is 10.5. The van der Waals surface area contributed by atoms with Gasteiger partial charge in [-0.2, -0.15) is 4.98 Å². The van der Waals surface area contributed by atoms with Crippen molar-refractivity contribution in [1.82, 2.24) is 15.2 Å². The lowest BCUT2D eigenvalue weighted by Gasteiger charge is -2.03. The van der Waals surface area contributed by atoms with Crippen molar-refractivity contribution in [3.8, 4) is 0 Å².